The summed E-state index contributed by atoms with van der Waals surface area (Å²) >= 11 is 0. The predicted octanol–water partition coefficient (Wildman–Crippen LogP) is 2.06. The van der Waals surface area contributed by atoms with Gasteiger partial charge in [0.2, 0.25) is 0 Å². The molecule has 1 aliphatic rings. The second kappa shape index (κ2) is 9.91. The molecule has 1 aliphatic heterocycles. The lowest BCUT2D eigenvalue weighted by Gasteiger charge is -2.42. The van der Waals surface area contributed by atoms with Gasteiger partial charge in [-0.1, -0.05) is 49.4 Å². The molecule has 2 rings (SSSR count). The van der Waals surface area contributed by atoms with Crippen molar-refractivity contribution in [2.24, 2.45) is 0 Å². The molecule has 5 nitrogen and oxygen atoms in total. The van der Waals surface area contributed by atoms with Crippen LogP contribution in [0.1, 0.15) is 25.3 Å². The number of hydrogen-bond donors (Lipinski definition) is 2. The Labute approximate surface area is 143 Å². The SMILES string of the molecule is CC/C=C\C[C@H]1O[C@H](COCc2ccccc2)[C@@H](OC)[C@H](O)[C@@H]1O. The number of allylic oxidation sites excluding steroid dienone is 1. The van der Waals surface area contributed by atoms with Gasteiger partial charge in [0.15, 0.2) is 0 Å². The van der Waals surface area contributed by atoms with Crippen LogP contribution in [0.5, 0.6) is 0 Å². The molecule has 5 atom stereocenters. The normalized spacial score (nSPS) is 30.8. The second-order valence-corrected chi connectivity index (χ2v) is 6.01. The van der Waals surface area contributed by atoms with E-state index in [0.29, 0.717) is 19.6 Å². The van der Waals surface area contributed by atoms with Gasteiger partial charge in [-0.25, -0.2) is 0 Å². The van der Waals surface area contributed by atoms with Gasteiger partial charge in [0.05, 0.1) is 19.3 Å². The molecule has 0 bridgehead atoms. The molecule has 134 valence electrons. The fourth-order valence-corrected chi connectivity index (χ4v) is 2.90. The summed E-state index contributed by atoms with van der Waals surface area (Å²) in [6.45, 7) is 2.81. The van der Waals surface area contributed by atoms with E-state index in [2.05, 4.69) is 0 Å². The summed E-state index contributed by atoms with van der Waals surface area (Å²) < 4.78 is 17.0. The standard InChI is InChI=1S/C19H28O5/c1-3-4-6-11-15-17(20)18(21)19(22-2)16(24-15)13-23-12-14-9-7-5-8-10-14/h4-10,15-21H,3,11-13H2,1-2H3/b6-4-/t15-,16-,17-,18-,19-/m1/s1. The van der Waals surface area contributed by atoms with Crippen LogP contribution in [0.15, 0.2) is 42.5 Å². The van der Waals surface area contributed by atoms with Crippen LogP contribution in [-0.2, 0) is 20.8 Å². The highest BCUT2D eigenvalue weighted by atomic mass is 16.6. The molecule has 0 aliphatic carbocycles. The third kappa shape index (κ3) is 5.13. The van der Waals surface area contributed by atoms with E-state index in [1.807, 2.05) is 49.4 Å². The maximum Gasteiger partial charge on any atom is 0.114 e. The first-order chi connectivity index (χ1) is 11.7. The van der Waals surface area contributed by atoms with Gasteiger partial charge in [0, 0.05) is 7.11 Å². The monoisotopic (exact) mass is 336 g/mol. The average Bonchev–Trinajstić information content (AvgIpc) is 2.60. The Kier molecular flexibility index (Phi) is 7.88. The van der Waals surface area contributed by atoms with Gasteiger partial charge in [-0.3, -0.25) is 0 Å². The molecule has 0 saturated carbocycles. The van der Waals surface area contributed by atoms with Crippen LogP contribution in [-0.4, -0.2) is 54.4 Å². The highest BCUT2D eigenvalue weighted by Crippen LogP contribution is 2.26. The second-order valence-electron chi connectivity index (χ2n) is 6.01. The lowest BCUT2D eigenvalue weighted by molar-refractivity contribution is -0.238. The van der Waals surface area contributed by atoms with E-state index in [1.165, 1.54) is 7.11 Å². The lowest BCUT2D eigenvalue weighted by Crippen LogP contribution is -2.59. The van der Waals surface area contributed by atoms with E-state index in [4.69, 9.17) is 14.2 Å². The largest absolute Gasteiger partial charge is 0.388 e. The average molecular weight is 336 g/mol. The molecule has 5 heteroatoms. The Morgan fingerprint density at radius 1 is 1.08 bits per heavy atom. The van der Waals surface area contributed by atoms with E-state index in [0.717, 1.165) is 12.0 Å². The Balaban J connectivity index is 1.93. The molecular weight excluding hydrogens is 308 g/mol. The van der Waals surface area contributed by atoms with Gasteiger partial charge in [-0.2, -0.15) is 0 Å². The Bertz CT molecular complexity index is 490. The number of benzene rings is 1. The molecule has 2 N–H and O–H groups in total. The van der Waals surface area contributed by atoms with Crippen molar-refractivity contribution in [2.75, 3.05) is 13.7 Å². The van der Waals surface area contributed by atoms with Crippen molar-refractivity contribution in [3.63, 3.8) is 0 Å². The number of hydrogen-bond acceptors (Lipinski definition) is 5. The molecule has 0 amide bonds. The summed E-state index contributed by atoms with van der Waals surface area (Å²) in [5.41, 5.74) is 1.07. The molecule has 1 aromatic rings. The van der Waals surface area contributed by atoms with Crippen LogP contribution in [0.4, 0.5) is 0 Å². The molecule has 0 radical (unpaired) electrons. The third-order valence-corrected chi connectivity index (χ3v) is 4.22. The zero-order valence-electron chi connectivity index (χ0n) is 14.4. The van der Waals surface area contributed by atoms with E-state index < -0.39 is 30.5 Å². The van der Waals surface area contributed by atoms with E-state index in [9.17, 15) is 10.2 Å². The van der Waals surface area contributed by atoms with Crippen LogP contribution in [0, 0.1) is 0 Å². The van der Waals surface area contributed by atoms with Crippen molar-refractivity contribution in [1.82, 2.24) is 0 Å². The fourth-order valence-electron chi connectivity index (χ4n) is 2.90. The first-order valence-electron chi connectivity index (χ1n) is 8.48. The van der Waals surface area contributed by atoms with Gasteiger partial charge >= 0.3 is 0 Å². The number of methoxy groups -OCH3 is 1. The molecular formula is C19H28O5. The molecule has 24 heavy (non-hydrogen) atoms. The first-order valence-corrected chi connectivity index (χ1v) is 8.48. The molecule has 1 fully saturated rings. The van der Waals surface area contributed by atoms with Gasteiger partial charge in [0.25, 0.3) is 0 Å². The maximum atomic E-state index is 10.3. The van der Waals surface area contributed by atoms with E-state index >= 15 is 0 Å². The van der Waals surface area contributed by atoms with Crippen molar-refractivity contribution in [1.29, 1.82) is 0 Å². The van der Waals surface area contributed by atoms with Gasteiger partial charge in [-0.05, 0) is 18.4 Å². The van der Waals surface area contributed by atoms with Crippen LogP contribution < -0.4 is 0 Å². The molecule has 1 saturated heterocycles. The number of rotatable bonds is 8. The topological polar surface area (TPSA) is 68.2 Å². The molecule has 1 heterocycles. The fraction of sp³-hybridized carbons (Fsp3) is 0.579. The zero-order valence-corrected chi connectivity index (χ0v) is 14.4. The summed E-state index contributed by atoms with van der Waals surface area (Å²) in [6.07, 6.45) is 2.02. The minimum absolute atomic E-state index is 0.297. The zero-order chi connectivity index (χ0) is 17.4. The van der Waals surface area contributed by atoms with Crippen LogP contribution in [0.3, 0.4) is 0 Å². The van der Waals surface area contributed by atoms with Gasteiger partial charge in [0.1, 0.15) is 24.4 Å². The van der Waals surface area contributed by atoms with E-state index in [-0.39, 0.29) is 0 Å². The van der Waals surface area contributed by atoms with Crippen LogP contribution >= 0.6 is 0 Å². The highest BCUT2D eigenvalue weighted by molar-refractivity contribution is 5.13. The Morgan fingerprint density at radius 2 is 1.83 bits per heavy atom. The molecule has 1 aromatic carbocycles. The quantitative estimate of drug-likeness (QED) is 0.711. The predicted molar refractivity (Wildman–Crippen MR) is 91.6 cm³/mol. The van der Waals surface area contributed by atoms with Crippen LogP contribution in [0.25, 0.3) is 0 Å². The minimum Gasteiger partial charge on any atom is -0.388 e. The minimum atomic E-state index is -0.992. The molecule has 0 aromatic heterocycles. The number of ether oxygens (including phenoxy) is 3. The van der Waals surface area contributed by atoms with Gasteiger partial charge in [-0.15, -0.1) is 0 Å². The van der Waals surface area contributed by atoms with Crippen molar-refractivity contribution >= 4 is 0 Å². The maximum absolute atomic E-state index is 10.3. The van der Waals surface area contributed by atoms with Crippen molar-refractivity contribution in [3.8, 4) is 0 Å². The summed E-state index contributed by atoms with van der Waals surface area (Å²) in [6, 6.07) is 9.87. The van der Waals surface area contributed by atoms with Crippen LogP contribution in [0.2, 0.25) is 0 Å². The number of aliphatic hydroxyl groups is 2. The summed E-state index contributed by atoms with van der Waals surface area (Å²) in [5.74, 6) is 0. The smallest absolute Gasteiger partial charge is 0.114 e. The Hall–Kier alpha value is -1.24. The Morgan fingerprint density at radius 3 is 2.50 bits per heavy atom. The first kappa shape index (κ1) is 19.1. The lowest BCUT2D eigenvalue weighted by atomic mass is 9.93. The van der Waals surface area contributed by atoms with Crippen molar-refractivity contribution in [2.45, 2.75) is 56.9 Å². The van der Waals surface area contributed by atoms with Crippen molar-refractivity contribution in [3.05, 3.63) is 48.0 Å². The highest BCUT2D eigenvalue weighted by Gasteiger charge is 2.44. The third-order valence-electron chi connectivity index (χ3n) is 4.22. The molecule has 0 unspecified atom stereocenters. The summed E-state index contributed by atoms with van der Waals surface area (Å²) in [4.78, 5) is 0. The molecule has 0 spiro atoms. The van der Waals surface area contributed by atoms with E-state index in [1.54, 1.807) is 0 Å². The summed E-state index contributed by atoms with van der Waals surface area (Å²) in [5, 5.41) is 20.5. The van der Waals surface area contributed by atoms with Crippen molar-refractivity contribution < 1.29 is 24.4 Å². The number of aliphatic hydroxyl groups excluding tert-OH is 2. The summed E-state index contributed by atoms with van der Waals surface area (Å²) in [7, 11) is 1.51. The van der Waals surface area contributed by atoms with Gasteiger partial charge < -0.3 is 24.4 Å².